The Kier molecular flexibility index (Phi) is 2.74. The number of aromatic nitrogens is 1. The highest BCUT2D eigenvalue weighted by Gasteiger charge is 2.21. The highest BCUT2D eigenvalue weighted by molar-refractivity contribution is 6.05. The van der Waals surface area contributed by atoms with E-state index in [9.17, 15) is 14.0 Å². The van der Waals surface area contributed by atoms with Gasteiger partial charge in [0, 0.05) is 12.4 Å². The van der Waals surface area contributed by atoms with Crippen molar-refractivity contribution in [1.29, 1.82) is 0 Å². The van der Waals surface area contributed by atoms with Gasteiger partial charge in [-0.3, -0.25) is 9.36 Å². The van der Waals surface area contributed by atoms with Crippen LogP contribution >= 0.6 is 0 Å². The highest BCUT2D eigenvalue weighted by atomic mass is 19.1. The second kappa shape index (κ2) is 4.21. The molecule has 0 saturated carbocycles. The van der Waals surface area contributed by atoms with E-state index in [2.05, 4.69) is 0 Å². The normalized spacial score (nSPS) is 10.2. The summed E-state index contributed by atoms with van der Waals surface area (Å²) < 4.78 is 14.6. The Morgan fingerprint density at radius 1 is 1.12 bits per heavy atom. The molecular formula is C12H8FNO3. The molecule has 2 aromatic rings. The Balaban J connectivity index is 2.56. The Morgan fingerprint density at radius 3 is 2.35 bits per heavy atom. The largest absolute Gasteiger partial charge is 0.478 e. The number of halogens is 1. The second-order valence-corrected chi connectivity index (χ2v) is 3.36. The maximum Gasteiger partial charge on any atom is 0.339 e. The van der Waals surface area contributed by atoms with Gasteiger partial charge in [-0.15, -0.1) is 0 Å². The summed E-state index contributed by atoms with van der Waals surface area (Å²) in [6, 6.07) is 6.85. The molecule has 86 valence electrons. The SMILES string of the molecule is O=C(O)c1c(F)cccc1C(=O)n1cccc1. The van der Waals surface area contributed by atoms with Gasteiger partial charge >= 0.3 is 5.97 Å². The lowest BCUT2D eigenvalue weighted by molar-refractivity contribution is 0.0686. The van der Waals surface area contributed by atoms with Crippen molar-refractivity contribution in [3.63, 3.8) is 0 Å². The molecule has 0 aliphatic heterocycles. The lowest BCUT2D eigenvalue weighted by Crippen LogP contribution is -2.16. The Hall–Kier alpha value is -2.43. The third-order valence-electron chi connectivity index (χ3n) is 2.30. The van der Waals surface area contributed by atoms with E-state index in [1.165, 1.54) is 29.1 Å². The Morgan fingerprint density at radius 2 is 1.76 bits per heavy atom. The van der Waals surface area contributed by atoms with E-state index in [-0.39, 0.29) is 5.56 Å². The molecule has 0 aliphatic rings. The smallest absolute Gasteiger partial charge is 0.339 e. The number of aromatic carboxylic acids is 1. The number of benzene rings is 1. The molecule has 1 aromatic carbocycles. The number of hydrogen-bond donors (Lipinski definition) is 1. The number of carbonyl (C=O) groups is 2. The maximum absolute atomic E-state index is 13.4. The number of hydrogen-bond acceptors (Lipinski definition) is 2. The van der Waals surface area contributed by atoms with Crippen molar-refractivity contribution in [3.8, 4) is 0 Å². The molecule has 1 N–H and O–H groups in total. The van der Waals surface area contributed by atoms with Crippen molar-refractivity contribution < 1.29 is 19.1 Å². The molecule has 2 rings (SSSR count). The lowest BCUT2D eigenvalue weighted by Gasteiger charge is -2.06. The van der Waals surface area contributed by atoms with Crippen LogP contribution < -0.4 is 0 Å². The van der Waals surface area contributed by atoms with Crippen LogP contribution in [-0.4, -0.2) is 21.6 Å². The van der Waals surface area contributed by atoms with Gasteiger partial charge in [0.15, 0.2) is 0 Å². The summed E-state index contributed by atoms with van der Waals surface area (Å²) in [6.07, 6.45) is 2.94. The van der Waals surface area contributed by atoms with E-state index >= 15 is 0 Å². The molecule has 0 atom stereocenters. The predicted octanol–water partition coefficient (Wildman–Crippen LogP) is 2.01. The van der Waals surface area contributed by atoms with Gasteiger partial charge in [-0.1, -0.05) is 6.07 Å². The Bertz CT molecular complexity index is 575. The van der Waals surface area contributed by atoms with Crippen LogP contribution in [0.3, 0.4) is 0 Å². The van der Waals surface area contributed by atoms with Crippen LogP contribution in [0.5, 0.6) is 0 Å². The summed E-state index contributed by atoms with van der Waals surface area (Å²) in [7, 11) is 0. The first kappa shape index (κ1) is 11.1. The molecule has 0 amide bonds. The molecule has 5 heteroatoms. The summed E-state index contributed by atoms with van der Waals surface area (Å²) in [6.45, 7) is 0. The zero-order chi connectivity index (χ0) is 12.4. The minimum absolute atomic E-state index is 0.172. The fraction of sp³-hybridized carbons (Fsp3) is 0. The minimum Gasteiger partial charge on any atom is -0.478 e. The average molecular weight is 233 g/mol. The van der Waals surface area contributed by atoms with Crippen LogP contribution in [0.25, 0.3) is 0 Å². The van der Waals surface area contributed by atoms with E-state index in [1.807, 2.05) is 0 Å². The van der Waals surface area contributed by atoms with Gasteiger partial charge in [0.05, 0.1) is 5.56 Å². The van der Waals surface area contributed by atoms with Crippen LogP contribution in [0.4, 0.5) is 4.39 Å². The third-order valence-corrected chi connectivity index (χ3v) is 2.30. The molecule has 17 heavy (non-hydrogen) atoms. The molecule has 0 aliphatic carbocycles. The van der Waals surface area contributed by atoms with Gasteiger partial charge in [0.25, 0.3) is 5.91 Å². The summed E-state index contributed by atoms with van der Waals surface area (Å²) in [5, 5.41) is 8.89. The van der Waals surface area contributed by atoms with Crippen molar-refractivity contribution >= 4 is 11.9 Å². The topological polar surface area (TPSA) is 59.3 Å². The number of carboxylic acid groups (broad SMARTS) is 1. The molecule has 1 heterocycles. The van der Waals surface area contributed by atoms with E-state index in [1.54, 1.807) is 12.1 Å². The van der Waals surface area contributed by atoms with E-state index in [0.29, 0.717) is 0 Å². The third kappa shape index (κ3) is 1.94. The summed E-state index contributed by atoms with van der Waals surface area (Å²) in [5.41, 5.74) is -0.778. The zero-order valence-electron chi connectivity index (χ0n) is 8.63. The molecule has 0 bridgehead atoms. The molecule has 0 unspecified atom stereocenters. The Labute approximate surface area is 95.9 Å². The monoisotopic (exact) mass is 233 g/mol. The van der Waals surface area contributed by atoms with Gasteiger partial charge in [0.2, 0.25) is 0 Å². The zero-order valence-corrected chi connectivity index (χ0v) is 8.63. The highest BCUT2D eigenvalue weighted by Crippen LogP contribution is 2.15. The van der Waals surface area contributed by atoms with E-state index < -0.39 is 23.3 Å². The van der Waals surface area contributed by atoms with Crippen LogP contribution in [-0.2, 0) is 0 Å². The van der Waals surface area contributed by atoms with Crippen LogP contribution in [0.1, 0.15) is 20.7 Å². The van der Waals surface area contributed by atoms with Crippen LogP contribution in [0, 0.1) is 5.82 Å². The first-order valence-electron chi connectivity index (χ1n) is 4.80. The quantitative estimate of drug-likeness (QED) is 0.863. The van der Waals surface area contributed by atoms with Crippen LogP contribution in [0.15, 0.2) is 42.7 Å². The summed E-state index contributed by atoms with van der Waals surface area (Å²) in [5.74, 6) is -2.96. The molecule has 0 radical (unpaired) electrons. The summed E-state index contributed by atoms with van der Waals surface area (Å²) in [4.78, 5) is 22.8. The standard InChI is InChI=1S/C12H8FNO3/c13-9-5-3-4-8(10(9)12(16)17)11(15)14-6-1-2-7-14/h1-7H,(H,16,17). The number of rotatable bonds is 2. The van der Waals surface area contributed by atoms with Crippen molar-refractivity contribution in [2.75, 3.05) is 0 Å². The van der Waals surface area contributed by atoms with Gasteiger partial charge in [-0.05, 0) is 24.3 Å². The van der Waals surface area contributed by atoms with E-state index in [4.69, 9.17) is 5.11 Å². The van der Waals surface area contributed by atoms with Gasteiger partial charge in [0.1, 0.15) is 11.4 Å². The summed E-state index contributed by atoms with van der Waals surface area (Å²) >= 11 is 0. The molecule has 0 saturated heterocycles. The van der Waals surface area contributed by atoms with E-state index in [0.717, 1.165) is 6.07 Å². The van der Waals surface area contributed by atoms with Gasteiger partial charge < -0.3 is 5.11 Å². The van der Waals surface area contributed by atoms with Gasteiger partial charge in [-0.2, -0.15) is 0 Å². The van der Waals surface area contributed by atoms with Crippen molar-refractivity contribution in [2.24, 2.45) is 0 Å². The first-order chi connectivity index (χ1) is 8.11. The van der Waals surface area contributed by atoms with Crippen LogP contribution in [0.2, 0.25) is 0 Å². The lowest BCUT2D eigenvalue weighted by atomic mass is 10.1. The number of carbonyl (C=O) groups excluding carboxylic acids is 1. The molecule has 1 aromatic heterocycles. The number of carboxylic acids is 1. The molecular weight excluding hydrogens is 225 g/mol. The minimum atomic E-state index is -1.46. The van der Waals surface area contributed by atoms with Crippen molar-refractivity contribution in [3.05, 3.63) is 59.7 Å². The number of nitrogens with zero attached hydrogens (tertiary/aromatic N) is 1. The van der Waals surface area contributed by atoms with Gasteiger partial charge in [-0.25, -0.2) is 9.18 Å². The fourth-order valence-corrected chi connectivity index (χ4v) is 1.53. The molecule has 4 nitrogen and oxygen atoms in total. The van der Waals surface area contributed by atoms with Crippen molar-refractivity contribution in [1.82, 2.24) is 4.57 Å². The maximum atomic E-state index is 13.4. The first-order valence-corrected chi connectivity index (χ1v) is 4.80. The second-order valence-electron chi connectivity index (χ2n) is 3.36. The predicted molar refractivity (Wildman–Crippen MR) is 57.5 cm³/mol. The fourth-order valence-electron chi connectivity index (χ4n) is 1.53. The molecule has 0 fully saturated rings. The molecule has 0 spiro atoms. The average Bonchev–Trinajstić information content (AvgIpc) is 2.80. The van der Waals surface area contributed by atoms with Crippen molar-refractivity contribution in [2.45, 2.75) is 0 Å².